The molecule has 0 fully saturated rings. The van der Waals surface area contributed by atoms with Crippen LogP contribution >= 0.6 is 0 Å². The summed E-state index contributed by atoms with van der Waals surface area (Å²) in [5, 5.41) is 3.07. The molecular formula is C10H12N4. The Morgan fingerprint density at radius 1 is 1.57 bits per heavy atom. The predicted octanol–water partition coefficient (Wildman–Crippen LogP) is 2.01. The fraction of sp³-hybridized carbons (Fsp3) is 0.100. The maximum absolute atomic E-state index is 4.07. The molecule has 0 aliphatic carbocycles. The van der Waals surface area contributed by atoms with E-state index in [1.54, 1.807) is 30.9 Å². The topological polar surface area (TPSA) is 50.2 Å². The molecule has 1 aromatic rings. The van der Waals surface area contributed by atoms with Crippen molar-refractivity contribution in [2.45, 2.75) is 6.92 Å². The average molecular weight is 188 g/mol. The number of aromatic nitrogens is 2. The summed E-state index contributed by atoms with van der Waals surface area (Å²) in [5.41, 5.74) is 0.963. The van der Waals surface area contributed by atoms with Gasteiger partial charge in [-0.05, 0) is 25.8 Å². The zero-order valence-electron chi connectivity index (χ0n) is 8.01. The highest BCUT2D eigenvalue weighted by Gasteiger charge is 1.90. The van der Waals surface area contributed by atoms with Gasteiger partial charge in [-0.2, -0.15) is 0 Å². The Bertz CT molecular complexity index is 340. The first-order chi connectivity index (χ1) is 6.83. The summed E-state index contributed by atoms with van der Waals surface area (Å²) in [7, 11) is 0. The third-order valence-corrected chi connectivity index (χ3v) is 1.43. The SMILES string of the molecule is C=N/C=C\C=C(/C)Nc1cnccn1. The van der Waals surface area contributed by atoms with Crippen molar-refractivity contribution >= 4 is 12.5 Å². The maximum atomic E-state index is 4.07. The van der Waals surface area contributed by atoms with Crippen LogP contribution in [0.25, 0.3) is 0 Å². The van der Waals surface area contributed by atoms with Gasteiger partial charge in [0.15, 0.2) is 0 Å². The second kappa shape index (κ2) is 5.64. The van der Waals surface area contributed by atoms with Crippen LogP contribution in [0.1, 0.15) is 6.92 Å². The summed E-state index contributed by atoms with van der Waals surface area (Å²) in [6.45, 7) is 5.27. The molecule has 0 aliphatic rings. The normalized spacial score (nSPS) is 11.6. The summed E-state index contributed by atoms with van der Waals surface area (Å²) < 4.78 is 0. The van der Waals surface area contributed by atoms with E-state index in [1.807, 2.05) is 13.0 Å². The Labute approximate surface area is 83.1 Å². The van der Waals surface area contributed by atoms with Gasteiger partial charge >= 0.3 is 0 Å². The first kappa shape index (κ1) is 10.1. The van der Waals surface area contributed by atoms with Crippen LogP contribution in [0, 0.1) is 0 Å². The number of hydrogen-bond donors (Lipinski definition) is 1. The van der Waals surface area contributed by atoms with Gasteiger partial charge in [-0.25, -0.2) is 4.98 Å². The van der Waals surface area contributed by atoms with Crippen molar-refractivity contribution in [1.82, 2.24) is 9.97 Å². The van der Waals surface area contributed by atoms with Crippen molar-refractivity contribution in [3.05, 3.63) is 42.6 Å². The molecule has 1 heterocycles. The van der Waals surface area contributed by atoms with Crippen LogP contribution in [0.15, 0.2) is 47.6 Å². The molecule has 0 aliphatic heterocycles. The van der Waals surface area contributed by atoms with Crippen molar-refractivity contribution in [3.8, 4) is 0 Å². The molecule has 0 radical (unpaired) electrons. The molecule has 0 atom stereocenters. The van der Waals surface area contributed by atoms with Crippen LogP contribution in [-0.2, 0) is 0 Å². The van der Waals surface area contributed by atoms with Gasteiger partial charge in [-0.15, -0.1) is 0 Å². The van der Waals surface area contributed by atoms with Crippen molar-refractivity contribution < 1.29 is 0 Å². The predicted molar refractivity (Wildman–Crippen MR) is 58.1 cm³/mol. The first-order valence-corrected chi connectivity index (χ1v) is 4.15. The Hall–Kier alpha value is -1.97. The Kier molecular flexibility index (Phi) is 4.07. The van der Waals surface area contributed by atoms with Crippen LogP contribution in [0.5, 0.6) is 0 Å². The lowest BCUT2D eigenvalue weighted by molar-refractivity contribution is 1.18. The fourth-order valence-corrected chi connectivity index (χ4v) is 0.856. The lowest BCUT2D eigenvalue weighted by Crippen LogP contribution is -1.97. The van der Waals surface area contributed by atoms with Crippen molar-refractivity contribution in [2.24, 2.45) is 4.99 Å². The van der Waals surface area contributed by atoms with Gasteiger partial charge in [0.25, 0.3) is 0 Å². The zero-order valence-corrected chi connectivity index (χ0v) is 8.01. The van der Waals surface area contributed by atoms with E-state index >= 15 is 0 Å². The Morgan fingerprint density at radius 3 is 3.07 bits per heavy atom. The smallest absolute Gasteiger partial charge is 0.148 e. The molecule has 1 aromatic heterocycles. The molecule has 72 valence electrons. The maximum Gasteiger partial charge on any atom is 0.148 e. The molecule has 0 saturated carbocycles. The van der Waals surface area contributed by atoms with E-state index < -0.39 is 0 Å². The molecule has 1 N–H and O–H groups in total. The van der Waals surface area contributed by atoms with Gasteiger partial charge in [0, 0.05) is 24.3 Å². The highest BCUT2D eigenvalue weighted by Crippen LogP contribution is 2.02. The minimum absolute atomic E-state index is 0.723. The Balaban J connectivity index is 2.57. The van der Waals surface area contributed by atoms with Gasteiger partial charge in [-0.1, -0.05) is 0 Å². The van der Waals surface area contributed by atoms with E-state index in [0.29, 0.717) is 0 Å². The molecule has 0 aromatic carbocycles. The van der Waals surface area contributed by atoms with Crippen LogP contribution in [0.4, 0.5) is 5.82 Å². The average Bonchev–Trinajstić information content (AvgIpc) is 2.20. The molecule has 0 amide bonds. The third-order valence-electron chi connectivity index (χ3n) is 1.43. The van der Waals surface area contributed by atoms with Gasteiger partial charge in [0.05, 0.1) is 6.20 Å². The van der Waals surface area contributed by atoms with Crippen LogP contribution in [-0.4, -0.2) is 16.7 Å². The standard InChI is InChI=1S/C10H12N4/c1-9(4-3-5-11-2)14-10-8-12-6-7-13-10/h3-8H,2H2,1H3,(H,13,14)/b5-3-,9-4+. The molecule has 0 bridgehead atoms. The molecule has 4 nitrogen and oxygen atoms in total. The number of rotatable bonds is 4. The molecule has 0 spiro atoms. The van der Waals surface area contributed by atoms with Crippen LogP contribution in [0.3, 0.4) is 0 Å². The summed E-state index contributed by atoms with van der Waals surface area (Å²) in [5.74, 6) is 0.723. The minimum atomic E-state index is 0.723. The Morgan fingerprint density at radius 2 is 2.43 bits per heavy atom. The highest BCUT2D eigenvalue weighted by atomic mass is 15.0. The first-order valence-electron chi connectivity index (χ1n) is 4.15. The number of nitrogens with one attached hydrogen (secondary N) is 1. The van der Waals surface area contributed by atoms with E-state index in [1.165, 1.54) is 0 Å². The number of aliphatic imine (C=N–C) groups is 1. The number of hydrogen-bond acceptors (Lipinski definition) is 4. The monoisotopic (exact) mass is 188 g/mol. The lowest BCUT2D eigenvalue weighted by atomic mass is 10.4. The molecular weight excluding hydrogens is 176 g/mol. The van der Waals surface area contributed by atoms with Gasteiger partial charge in [0.1, 0.15) is 5.82 Å². The van der Waals surface area contributed by atoms with E-state index in [-0.39, 0.29) is 0 Å². The number of nitrogens with zero attached hydrogens (tertiary/aromatic N) is 3. The minimum Gasteiger partial charge on any atom is -0.343 e. The summed E-state index contributed by atoms with van der Waals surface area (Å²) in [6, 6.07) is 0. The number of anilines is 1. The molecule has 4 heteroatoms. The van der Waals surface area contributed by atoms with Gasteiger partial charge in [-0.3, -0.25) is 9.98 Å². The van der Waals surface area contributed by atoms with Crippen LogP contribution < -0.4 is 5.32 Å². The molecule has 0 unspecified atom stereocenters. The van der Waals surface area contributed by atoms with E-state index in [2.05, 4.69) is 27.0 Å². The van der Waals surface area contributed by atoms with Crippen molar-refractivity contribution in [3.63, 3.8) is 0 Å². The second-order valence-corrected chi connectivity index (χ2v) is 2.59. The lowest BCUT2D eigenvalue weighted by Gasteiger charge is -2.02. The van der Waals surface area contributed by atoms with Gasteiger partial charge < -0.3 is 5.32 Å². The van der Waals surface area contributed by atoms with Crippen LogP contribution in [0.2, 0.25) is 0 Å². The molecule has 14 heavy (non-hydrogen) atoms. The molecule has 1 rings (SSSR count). The quantitative estimate of drug-likeness (QED) is 0.580. The second-order valence-electron chi connectivity index (χ2n) is 2.59. The summed E-state index contributed by atoms with van der Waals surface area (Å²) >= 11 is 0. The zero-order chi connectivity index (χ0) is 10.2. The number of allylic oxidation sites excluding steroid dienone is 3. The van der Waals surface area contributed by atoms with Crippen molar-refractivity contribution in [1.29, 1.82) is 0 Å². The van der Waals surface area contributed by atoms with E-state index in [4.69, 9.17) is 0 Å². The molecule has 0 saturated heterocycles. The summed E-state index contributed by atoms with van der Waals surface area (Å²) in [4.78, 5) is 11.6. The van der Waals surface area contributed by atoms with E-state index in [0.717, 1.165) is 11.5 Å². The van der Waals surface area contributed by atoms with E-state index in [9.17, 15) is 0 Å². The summed E-state index contributed by atoms with van der Waals surface area (Å²) in [6.07, 6.45) is 10.2. The highest BCUT2D eigenvalue weighted by molar-refractivity contribution is 5.38. The van der Waals surface area contributed by atoms with Crippen molar-refractivity contribution in [2.75, 3.05) is 5.32 Å². The third kappa shape index (κ3) is 3.62. The van der Waals surface area contributed by atoms with Gasteiger partial charge in [0.2, 0.25) is 0 Å². The fourth-order valence-electron chi connectivity index (χ4n) is 0.856. The largest absolute Gasteiger partial charge is 0.343 e.